The first-order valence-corrected chi connectivity index (χ1v) is 7.60. The van der Waals surface area contributed by atoms with Gasteiger partial charge in [0.15, 0.2) is 0 Å². The van der Waals surface area contributed by atoms with Crippen LogP contribution in [-0.2, 0) is 9.59 Å². The first-order chi connectivity index (χ1) is 10.2. The first kappa shape index (κ1) is 11.5. The molecule has 4 atom stereocenters. The Balaban J connectivity index is 1.57. The molecule has 1 saturated heterocycles. The Morgan fingerprint density at radius 1 is 1.00 bits per heavy atom. The number of carbonyl (C=O) groups excluding carboxylic acids is 2. The van der Waals surface area contributed by atoms with E-state index < -0.39 is 0 Å². The van der Waals surface area contributed by atoms with Crippen LogP contribution in [0.15, 0.2) is 42.5 Å². The number of anilines is 1. The van der Waals surface area contributed by atoms with Gasteiger partial charge < -0.3 is 0 Å². The molecule has 4 aliphatic rings. The normalized spacial score (nSPS) is 37.8. The van der Waals surface area contributed by atoms with Gasteiger partial charge in [-0.3, -0.25) is 15.0 Å². The Bertz CT molecular complexity index is 677. The van der Waals surface area contributed by atoms with Crippen LogP contribution in [0.1, 0.15) is 12.8 Å². The van der Waals surface area contributed by atoms with Crippen LogP contribution < -0.4 is 10.4 Å². The lowest BCUT2D eigenvalue weighted by Crippen LogP contribution is -2.60. The Morgan fingerprint density at radius 2 is 1.67 bits per heavy atom. The van der Waals surface area contributed by atoms with Crippen molar-refractivity contribution < 1.29 is 9.59 Å². The van der Waals surface area contributed by atoms with Crippen molar-refractivity contribution >= 4 is 17.5 Å². The van der Waals surface area contributed by atoms with Gasteiger partial charge in [-0.05, 0) is 42.2 Å². The number of nitrogens with one attached hydrogen (secondary N) is 1. The van der Waals surface area contributed by atoms with Crippen molar-refractivity contribution in [1.82, 2.24) is 5.43 Å². The molecule has 1 aromatic carbocycles. The highest BCUT2D eigenvalue weighted by molar-refractivity contribution is 6.05. The predicted octanol–water partition coefficient (Wildman–Crippen LogP) is 1.89. The molecule has 106 valence electrons. The van der Waals surface area contributed by atoms with E-state index >= 15 is 0 Å². The van der Waals surface area contributed by atoms with Crippen LogP contribution in [0.4, 0.5) is 5.69 Å². The fourth-order valence-electron chi connectivity index (χ4n) is 4.85. The van der Waals surface area contributed by atoms with Gasteiger partial charge in [0.1, 0.15) is 0 Å². The summed E-state index contributed by atoms with van der Waals surface area (Å²) in [6.45, 7) is 0. The molecule has 4 heteroatoms. The van der Waals surface area contributed by atoms with Gasteiger partial charge in [0.05, 0.1) is 17.5 Å². The summed E-state index contributed by atoms with van der Waals surface area (Å²) in [7, 11) is 0. The molecule has 0 aromatic heterocycles. The summed E-state index contributed by atoms with van der Waals surface area (Å²) in [6.07, 6.45) is 6.70. The van der Waals surface area contributed by atoms with Gasteiger partial charge in [0.2, 0.25) is 11.8 Å². The monoisotopic (exact) mass is 280 g/mol. The van der Waals surface area contributed by atoms with Crippen molar-refractivity contribution in [2.75, 3.05) is 5.01 Å². The van der Waals surface area contributed by atoms with Crippen molar-refractivity contribution in [2.24, 2.45) is 29.1 Å². The lowest BCUT2D eigenvalue weighted by atomic mass is 9.80. The number of fused-ring (bicyclic) bond motifs is 3. The zero-order valence-electron chi connectivity index (χ0n) is 11.5. The van der Waals surface area contributed by atoms with Gasteiger partial charge in [-0.1, -0.05) is 30.4 Å². The van der Waals surface area contributed by atoms with Crippen molar-refractivity contribution in [1.29, 1.82) is 0 Å². The fourth-order valence-corrected chi connectivity index (χ4v) is 4.85. The van der Waals surface area contributed by atoms with Crippen molar-refractivity contribution in [3.63, 3.8) is 0 Å². The quantitative estimate of drug-likeness (QED) is 0.799. The highest BCUT2D eigenvalue weighted by Gasteiger charge is 2.71. The molecule has 1 N–H and O–H groups in total. The number of para-hydroxylation sites is 1. The van der Waals surface area contributed by atoms with Crippen molar-refractivity contribution in [3.05, 3.63) is 42.5 Å². The summed E-state index contributed by atoms with van der Waals surface area (Å²) in [6, 6.07) is 9.37. The van der Waals surface area contributed by atoms with Crippen LogP contribution >= 0.6 is 0 Å². The minimum Gasteiger partial charge on any atom is -0.273 e. The van der Waals surface area contributed by atoms with Crippen molar-refractivity contribution in [2.45, 2.75) is 12.8 Å². The molecule has 21 heavy (non-hydrogen) atoms. The molecule has 2 bridgehead atoms. The molecule has 2 amide bonds. The smallest absolute Gasteiger partial charge is 0.250 e. The molecule has 1 aromatic rings. The maximum Gasteiger partial charge on any atom is 0.250 e. The number of amides is 2. The number of hydrogen-bond donors (Lipinski definition) is 1. The molecule has 2 saturated carbocycles. The SMILES string of the molecule is O=C1NN(c2ccccc2)C(=O)[C@@H]2[C@H]1[C@H]1C=C[C@@H]2C12CC2. The lowest BCUT2D eigenvalue weighted by molar-refractivity contribution is -0.140. The third kappa shape index (κ3) is 1.26. The Morgan fingerprint density at radius 3 is 2.33 bits per heavy atom. The Labute approximate surface area is 122 Å². The summed E-state index contributed by atoms with van der Waals surface area (Å²) in [4.78, 5) is 25.5. The second-order valence-electron chi connectivity index (χ2n) is 6.71. The lowest BCUT2D eigenvalue weighted by Gasteiger charge is -2.37. The van der Waals surface area contributed by atoms with Gasteiger partial charge in [-0.25, -0.2) is 5.01 Å². The first-order valence-electron chi connectivity index (χ1n) is 7.60. The minimum absolute atomic E-state index is 0.00609. The zero-order valence-corrected chi connectivity index (χ0v) is 11.5. The maximum absolute atomic E-state index is 12.9. The van der Waals surface area contributed by atoms with E-state index in [-0.39, 0.29) is 40.9 Å². The van der Waals surface area contributed by atoms with Crippen LogP contribution in [0.3, 0.4) is 0 Å². The summed E-state index contributed by atoms with van der Waals surface area (Å²) < 4.78 is 0. The summed E-state index contributed by atoms with van der Waals surface area (Å²) in [5.74, 6) is 0.263. The van der Waals surface area contributed by atoms with Crippen LogP contribution in [0.5, 0.6) is 0 Å². The average Bonchev–Trinajstić information content (AvgIpc) is 3.17. The molecule has 5 rings (SSSR count). The Kier molecular flexibility index (Phi) is 1.96. The average molecular weight is 280 g/mol. The van der Waals surface area contributed by atoms with E-state index in [1.807, 2.05) is 30.3 Å². The van der Waals surface area contributed by atoms with E-state index in [1.165, 1.54) is 5.01 Å². The molecule has 3 fully saturated rings. The topological polar surface area (TPSA) is 49.4 Å². The standard InChI is InChI=1S/C17H16N2O2/c20-15-13-11-6-7-12(17(11)8-9-17)14(13)16(21)19(18-15)10-4-2-1-3-5-10/h1-7,11-14H,8-9H2,(H,18,20)/t11-,12+,13-,14+/m1/s1. The molecule has 1 spiro atoms. The van der Waals surface area contributed by atoms with E-state index in [2.05, 4.69) is 17.6 Å². The molecular weight excluding hydrogens is 264 g/mol. The fraction of sp³-hybridized carbons (Fsp3) is 0.412. The number of allylic oxidation sites excluding steroid dienone is 2. The second-order valence-corrected chi connectivity index (χ2v) is 6.71. The Hall–Kier alpha value is -2.10. The van der Waals surface area contributed by atoms with Crippen LogP contribution in [0, 0.1) is 29.1 Å². The number of nitrogens with zero attached hydrogens (tertiary/aromatic N) is 1. The maximum atomic E-state index is 12.9. The zero-order chi connectivity index (χ0) is 14.2. The van der Waals surface area contributed by atoms with Gasteiger partial charge in [0.25, 0.3) is 0 Å². The predicted molar refractivity (Wildman–Crippen MR) is 76.8 cm³/mol. The molecular formula is C17H16N2O2. The summed E-state index contributed by atoms with van der Waals surface area (Å²) in [5.41, 5.74) is 3.79. The summed E-state index contributed by atoms with van der Waals surface area (Å²) >= 11 is 0. The van der Waals surface area contributed by atoms with Crippen LogP contribution in [0.25, 0.3) is 0 Å². The van der Waals surface area contributed by atoms with E-state index in [9.17, 15) is 9.59 Å². The van der Waals surface area contributed by atoms with Crippen LogP contribution in [0.2, 0.25) is 0 Å². The highest BCUT2D eigenvalue weighted by Crippen LogP contribution is 2.72. The largest absolute Gasteiger partial charge is 0.273 e. The molecule has 1 aliphatic heterocycles. The minimum atomic E-state index is -0.170. The number of hydrazine groups is 1. The number of benzene rings is 1. The molecule has 4 nitrogen and oxygen atoms in total. The van der Waals surface area contributed by atoms with E-state index in [1.54, 1.807) is 0 Å². The van der Waals surface area contributed by atoms with E-state index in [0.29, 0.717) is 0 Å². The highest BCUT2D eigenvalue weighted by atomic mass is 16.2. The third-order valence-corrected chi connectivity index (χ3v) is 5.89. The number of hydrogen-bond acceptors (Lipinski definition) is 2. The van der Waals surface area contributed by atoms with Gasteiger partial charge in [-0.15, -0.1) is 0 Å². The molecule has 3 aliphatic carbocycles. The number of rotatable bonds is 1. The molecule has 1 heterocycles. The van der Waals surface area contributed by atoms with Crippen molar-refractivity contribution in [3.8, 4) is 0 Å². The van der Waals surface area contributed by atoms with Crippen LogP contribution in [-0.4, -0.2) is 11.8 Å². The van der Waals surface area contributed by atoms with E-state index in [0.717, 1.165) is 18.5 Å². The van der Waals surface area contributed by atoms with E-state index in [4.69, 9.17) is 0 Å². The second kappa shape index (κ2) is 3.56. The summed E-state index contributed by atoms with van der Waals surface area (Å²) in [5, 5.41) is 1.45. The van der Waals surface area contributed by atoms with Gasteiger partial charge >= 0.3 is 0 Å². The third-order valence-electron chi connectivity index (χ3n) is 5.89. The molecule has 0 unspecified atom stereocenters. The van der Waals surface area contributed by atoms with Gasteiger partial charge in [-0.2, -0.15) is 0 Å². The van der Waals surface area contributed by atoms with Gasteiger partial charge in [0, 0.05) is 0 Å². The molecule has 0 radical (unpaired) electrons. The number of carbonyl (C=O) groups is 2.